The van der Waals surface area contributed by atoms with Crippen LogP contribution in [0, 0.1) is 0 Å². The Labute approximate surface area is 138 Å². The number of hydrogen-bond acceptors (Lipinski definition) is 3. The topological polar surface area (TPSA) is 59.8 Å². The molecule has 3 rings (SSSR count). The highest BCUT2D eigenvalue weighted by Gasteiger charge is 2.07. The van der Waals surface area contributed by atoms with Gasteiger partial charge in [-0.2, -0.15) is 5.10 Å². The van der Waals surface area contributed by atoms with Crippen LogP contribution < -0.4 is 5.32 Å². The van der Waals surface area contributed by atoms with Crippen LogP contribution in [0.1, 0.15) is 21.6 Å². The normalized spacial score (nSPS) is 10.5. The number of nitrogens with zero attached hydrogens (tertiary/aromatic N) is 3. The van der Waals surface area contributed by atoms with Gasteiger partial charge in [-0.05, 0) is 29.3 Å². The van der Waals surface area contributed by atoms with Gasteiger partial charge in [0.2, 0.25) is 0 Å². The fourth-order valence-electron chi connectivity index (χ4n) is 2.15. The Bertz CT molecular complexity index is 785. The molecule has 0 spiro atoms. The van der Waals surface area contributed by atoms with E-state index in [4.69, 9.17) is 11.6 Å². The van der Waals surface area contributed by atoms with E-state index >= 15 is 0 Å². The molecule has 0 saturated carbocycles. The minimum absolute atomic E-state index is 0.242. The van der Waals surface area contributed by atoms with Gasteiger partial charge in [0.15, 0.2) is 0 Å². The minimum Gasteiger partial charge on any atom is -0.347 e. The Morgan fingerprint density at radius 3 is 2.61 bits per heavy atom. The second-order valence-corrected chi connectivity index (χ2v) is 5.50. The molecule has 0 atom stereocenters. The second kappa shape index (κ2) is 7.07. The zero-order chi connectivity index (χ0) is 16.1. The quantitative estimate of drug-likeness (QED) is 0.784. The molecule has 2 heterocycles. The fraction of sp³-hybridized carbons (Fsp3) is 0.118. The number of amides is 1. The Kier molecular flexibility index (Phi) is 4.68. The molecule has 0 bridgehead atoms. The summed E-state index contributed by atoms with van der Waals surface area (Å²) in [4.78, 5) is 16.0. The molecule has 1 amide bonds. The van der Waals surface area contributed by atoms with E-state index in [1.165, 1.54) is 6.20 Å². The Morgan fingerprint density at radius 2 is 1.91 bits per heavy atom. The van der Waals surface area contributed by atoms with Crippen LogP contribution in [-0.2, 0) is 13.1 Å². The van der Waals surface area contributed by atoms with Crippen LogP contribution in [0.15, 0.2) is 61.1 Å². The van der Waals surface area contributed by atoms with Crippen molar-refractivity contribution in [3.8, 4) is 0 Å². The molecule has 5 nitrogen and oxygen atoms in total. The maximum atomic E-state index is 12.0. The van der Waals surface area contributed by atoms with Crippen molar-refractivity contribution in [1.82, 2.24) is 20.1 Å². The predicted molar refractivity (Wildman–Crippen MR) is 88.2 cm³/mol. The Morgan fingerprint density at radius 1 is 1.13 bits per heavy atom. The summed E-state index contributed by atoms with van der Waals surface area (Å²) in [6, 6.07) is 13.1. The number of halogens is 1. The molecule has 0 radical (unpaired) electrons. The second-order valence-electron chi connectivity index (χ2n) is 5.06. The van der Waals surface area contributed by atoms with Gasteiger partial charge in [0.05, 0.1) is 6.54 Å². The van der Waals surface area contributed by atoms with E-state index < -0.39 is 0 Å². The summed E-state index contributed by atoms with van der Waals surface area (Å²) < 4.78 is 1.86. The molecule has 2 aromatic heterocycles. The average molecular weight is 327 g/mol. The summed E-state index contributed by atoms with van der Waals surface area (Å²) in [5, 5.41) is 7.50. The van der Waals surface area contributed by atoms with E-state index in [9.17, 15) is 4.79 Å². The molecule has 3 aromatic rings. The number of aromatic nitrogens is 3. The first-order valence-electron chi connectivity index (χ1n) is 7.16. The molecule has 0 aliphatic heterocycles. The smallest absolute Gasteiger partial charge is 0.270 e. The van der Waals surface area contributed by atoms with E-state index in [1.54, 1.807) is 18.3 Å². The van der Waals surface area contributed by atoms with Crippen molar-refractivity contribution < 1.29 is 4.79 Å². The molecule has 0 saturated heterocycles. The third-order valence-electron chi connectivity index (χ3n) is 3.33. The highest BCUT2D eigenvalue weighted by molar-refractivity contribution is 6.30. The van der Waals surface area contributed by atoms with Crippen LogP contribution in [0.3, 0.4) is 0 Å². The van der Waals surface area contributed by atoms with E-state index in [0.717, 1.165) is 17.7 Å². The summed E-state index contributed by atoms with van der Waals surface area (Å²) in [6.45, 7) is 1.17. The third-order valence-corrected chi connectivity index (χ3v) is 3.57. The average Bonchev–Trinajstić information content (AvgIpc) is 3.07. The predicted octanol–water partition coefficient (Wildman–Crippen LogP) is 2.91. The molecule has 0 aliphatic carbocycles. The zero-order valence-corrected chi connectivity index (χ0v) is 13.1. The highest BCUT2D eigenvalue weighted by atomic mass is 35.5. The van der Waals surface area contributed by atoms with E-state index in [0.29, 0.717) is 17.3 Å². The highest BCUT2D eigenvalue weighted by Crippen LogP contribution is 2.09. The van der Waals surface area contributed by atoms with Crippen LogP contribution in [0.2, 0.25) is 5.02 Å². The van der Waals surface area contributed by atoms with Gasteiger partial charge in [-0.3, -0.25) is 14.5 Å². The molecule has 116 valence electrons. The first-order chi connectivity index (χ1) is 11.2. The van der Waals surface area contributed by atoms with Crippen molar-refractivity contribution in [1.29, 1.82) is 0 Å². The summed E-state index contributed by atoms with van der Waals surface area (Å²) in [7, 11) is 0. The van der Waals surface area contributed by atoms with Gasteiger partial charge in [-0.1, -0.05) is 35.9 Å². The van der Waals surface area contributed by atoms with Crippen molar-refractivity contribution in [3.63, 3.8) is 0 Å². The Balaban J connectivity index is 1.57. The van der Waals surface area contributed by atoms with Gasteiger partial charge in [-0.25, -0.2) is 0 Å². The largest absolute Gasteiger partial charge is 0.347 e. The maximum absolute atomic E-state index is 12.0. The molecule has 23 heavy (non-hydrogen) atoms. The van der Waals surface area contributed by atoms with Crippen LogP contribution in [0.5, 0.6) is 0 Å². The van der Waals surface area contributed by atoms with Crippen LogP contribution in [0.4, 0.5) is 0 Å². The van der Waals surface area contributed by atoms with Gasteiger partial charge in [0, 0.05) is 30.2 Å². The number of hydrogen-bond donors (Lipinski definition) is 1. The van der Waals surface area contributed by atoms with E-state index in [1.807, 2.05) is 41.2 Å². The lowest BCUT2D eigenvalue weighted by Crippen LogP contribution is -2.23. The van der Waals surface area contributed by atoms with E-state index in [-0.39, 0.29) is 5.91 Å². The number of rotatable bonds is 5. The summed E-state index contributed by atoms with van der Waals surface area (Å²) in [5.41, 5.74) is 2.48. The zero-order valence-electron chi connectivity index (χ0n) is 12.3. The number of nitrogens with one attached hydrogen (secondary N) is 1. The van der Waals surface area contributed by atoms with Gasteiger partial charge >= 0.3 is 0 Å². The standard InChI is InChI=1S/C17H15ClN4O/c18-15-6-8-19-16(10-15)17(23)20-11-13-2-4-14(5-3-13)12-22-9-1-7-21-22/h1-10H,11-12H2,(H,20,23). The summed E-state index contributed by atoms with van der Waals surface area (Å²) in [5.74, 6) is -0.242. The summed E-state index contributed by atoms with van der Waals surface area (Å²) in [6.07, 6.45) is 5.20. The lowest BCUT2D eigenvalue weighted by atomic mass is 10.1. The lowest BCUT2D eigenvalue weighted by molar-refractivity contribution is 0.0946. The monoisotopic (exact) mass is 326 g/mol. The van der Waals surface area contributed by atoms with Crippen molar-refractivity contribution in [2.75, 3.05) is 0 Å². The van der Waals surface area contributed by atoms with Crippen molar-refractivity contribution in [2.24, 2.45) is 0 Å². The Hall–Kier alpha value is -2.66. The fourth-order valence-corrected chi connectivity index (χ4v) is 2.31. The van der Waals surface area contributed by atoms with Crippen molar-refractivity contribution in [2.45, 2.75) is 13.1 Å². The maximum Gasteiger partial charge on any atom is 0.270 e. The van der Waals surface area contributed by atoms with E-state index in [2.05, 4.69) is 15.4 Å². The molecule has 0 unspecified atom stereocenters. The lowest BCUT2D eigenvalue weighted by Gasteiger charge is -2.07. The number of benzene rings is 1. The van der Waals surface area contributed by atoms with Gasteiger partial charge in [-0.15, -0.1) is 0 Å². The molecular formula is C17H15ClN4O. The number of pyridine rings is 1. The van der Waals surface area contributed by atoms with Crippen LogP contribution in [0.25, 0.3) is 0 Å². The number of carbonyl (C=O) groups excluding carboxylic acids is 1. The SMILES string of the molecule is O=C(NCc1ccc(Cn2cccn2)cc1)c1cc(Cl)ccn1. The van der Waals surface area contributed by atoms with Crippen LogP contribution in [-0.4, -0.2) is 20.7 Å². The molecule has 1 N–H and O–H groups in total. The number of carbonyl (C=O) groups is 1. The molecule has 6 heteroatoms. The first-order valence-corrected chi connectivity index (χ1v) is 7.53. The first kappa shape index (κ1) is 15.2. The third kappa shape index (κ3) is 4.17. The molecule has 0 fully saturated rings. The molecule has 1 aromatic carbocycles. The molecule has 0 aliphatic rings. The van der Waals surface area contributed by atoms with Gasteiger partial charge in [0.25, 0.3) is 5.91 Å². The molecular weight excluding hydrogens is 312 g/mol. The minimum atomic E-state index is -0.242. The van der Waals surface area contributed by atoms with Gasteiger partial charge < -0.3 is 5.32 Å². The van der Waals surface area contributed by atoms with Crippen LogP contribution >= 0.6 is 11.6 Å². The van der Waals surface area contributed by atoms with Gasteiger partial charge in [0.1, 0.15) is 5.69 Å². The van der Waals surface area contributed by atoms with Crippen molar-refractivity contribution in [3.05, 3.63) is 82.9 Å². The summed E-state index contributed by atoms with van der Waals surface area (Å²) >= 11 is 5.85. The van der Waals surface area contributed by atoms with Crippen molar-refractivity contribution >= 4 is 17.5 Å².